The number of ketones is 1. The van der Waals surface area contributed by atoms with Crippen molar-refractivity contribution in [3.05, 3.63) is 53.9 Å². The highest BCUT2D eigenvalue weighted by Gasteiger charge is 2.09. The van der Waals surface area contributed by atoms with Crippen LogP contribution in [0.25, 0.3) is 0 Å². The van der Waals surface area contributed by atoms with Gasteiger partial charge in [-0.15, -0.1) is 0 Å². The topological polar surface area (TPSA) is 85.1 Å². The number of nitriles is 1. The lowest BCUT2D eigenvalue weighted by Gasteiger charge is -2.23. The number of aliphatic imine (C=N–C) groups is 1. The molecule has 24 heavy (non-hydrogen) atoms. The second-order valence-electron chi connectivity index (χ2n) is 5.21. The lowest BCUT2D eigenvalue weighted by atomic mass is 10.1. The molecule has 1 aromatic heterocycles. The molecule has 0 spiro atoms. The van der Waals surface area contributed by atoms with E-state index in [2.05, 4.69) is 21.8 Å². The van der Waals surface area contributed by atoms with Gasteiger partial charge in [-0.25, -0.2) is 4.99 Å². The Balaban J connectivity index is 2.10. The smallest absolute Gasteiger partial charge is 0.168 e. The summed E-state index contributed by atoms with van der Waals surface area (Å²) in [6.07, 6.45) is 3.03. The summed E-state index contributed by atoms with van der Waals surface area (Å²) in [6, 6.07) is 9.42. The number of nitrogens with one attached hydrogen (secondary N) is 1. The molecule has 122 valence electrons. The van der Waals surface area contributed by atoms with Crippen LogP contribution in [0, 0.1) is 11.3 Å². The van der Waals surface area contributed by atoms with Crippen LogP contribution in [0.5, 0.6) is 0 Å². The Morgan fingerprint density at radius 2 is 2.33 bits per heavy atom. The van der Waals surface area contributed by atoms with E-state index >= 15 is 0 Å². The maximum atomic E-state index is 12.3. The summed E-state index contributed by atoms with van der Waals surface area (Å²) < 4.78 is 0. The van der Waals surface area contributed by atoms with Gasteiger partial charge in [-0.3, -0.25) is 9.89 Å². The third-order valence-electron chi connectivity index (χ3n) is 3.49. The van der Waals surface area contributed by atoms with Gasteiger partial charge in [-0.05, 0) is 26.0 Å². The number of anilines is 1. The Kier molecular flexibility index (Phi) is 5.63. The fraction of sp³-hybridized carbons (Fsp3) is 0.222. The van der Waals surface area contributed by atoms with Gasteiger partial charge in [0.2, 0.25) is 0 Å². The Labute approximate surface area is 141 Å². The lowest BCUT2D eigenvalue weighted by molar-refractivity contribution is 0.100. The normalized spacial score (nSPS) is 10.5. The number of rotatable bonds is 7. The second kappa shape index (κ2) is 7.88. The Bertz CT molecular complexity index is 813. The molecule has 2 aromatic rings. The molecule has 6 heteroatoms. The van der Waals surface area contributed by atoms with Crippen LogP contribution < -0.4 is 4.90 Å². The SMILES string of the molecule is C=C(C)N(CC)c1cccc(C(=O)C/C=N/c2[nH]ncc2C#N)c1. The summed E-state index contributed by atoms with van der Waals surface area (Å²) in [5.74, 6) is 0.315. The van der Waals surface area contributed by atoms with Crippen molar-refractivity contribution >= 4 is 23.5 Å². The number of benzene rings is 1. The molecular weight excluding hydrogens is 302 g/mol. The van der Waals surface area contributed by atoms with Crippen molar-refractivity contribution in [1.29, 1.82) is 5.26 Å². The molecular formula is C18H19N5O. The van der Waals surface area contributed by atoms with Crippen molar-refractivity contribution in [2.24, 2.45) is 4.99 Å². The van der Waals surface area contributed by atoms with Crippen molar-refractivity contribution in [3.8, 4) is 6.07 Å². The van der Waals surface area contributed by atoms with Gasteiger partial charge >= 0.3 is 0 Å². The number of aromatic amines is 1. The van der Waals surface area contributed by atoms with Crippen LogP contribution in [0.15, 0.2) is 47.7 Å². The number of carbonyl (C=O) groups is 1. The molecule has 6 nitrogen and oxygen atoms in total. The fourth-order valence-electron chi connectivity index (χ4n) is 2.32. The first-order valence-electron chi connectivity index (χ1n) is 7.59. The van der Waals surface area contributed by atoms with Crippen LogP contribution in [0.3, 0.4) is 0 Å². The number of Topliss-reactive ketones (excluding diaryl/α,β-unsaturated/α-hetero) is 1. The number of H-pyrrole nitrogens is 1. The van der Waals surface area contributed by atoms with E-state index in [1.165, 1.54) is 12.4 Å². The molecule has 0 amide bonds. The van der Waals surface area contributed by atoms with Crippen molar-refractivity contribution < 1.29 is 4.79 Å². The molecule has 0 unspecified atom stereocenters. The summed E-state index contributed by atoms with van der Waals surface area (Å²) in [5.41, 5.74) is 2.82. The zero-order valence-electron chi connectivity index (χ0n) is 13.8. The second-order valence-corrected chi connectivity index (χ2v) is 5.21. The van der Waals surface area contributed by atoms with E-state index in [9.17, 15) is 4.79 Å². The van der Waals surface area contributed by atoms with E-state index in [1.54, 1.807) is 6.07 Å². The Morgan fingerprint density at radius 3 is 3.00 bits per heavy atom. The van der Waals surface area contributed by atoms with E-state index in [-0.39, 0.29) is 12.2 Å². The summed E-state index contributed by atoms with van der Waals surface area (Å²) >= 11 is 0. The van der Waals surface area contributed by atoms with E-state index in [0.29, 0.717) is 16.9 Å². The van der Waals surface area contributed by atoms with E-state index in [1.807, 2.05) is 43.0 Å². The first-order valence-corrected chi connectivity index (χ1v) is 7.59. The van der Waals surface area contributed by atoms with Crippen LogP contribution in [0.1, 0.15) is 36.2 Å². The van der Waals surface area contributed by atoms with Crippen molar-refractivity contribution in [3.63, 3.8) is 0 Å². The average Bonchev–Trinajstić information content (AvgIpc) is 3.03. The van der Waals surface area contributed by atoms with Crippen LogP contribution in [-0.4, -0.2) is 28.7 Å². The molecule has 1 N–H and O–H groups in total. The first-order chi connectivity index (χ1) is 11.6. The predicted molar refractivity (Wildman–Crippen MR) is 94.7 cm³/mol. The molecule has 1 aromatic carbocycles. The monoisotopic (exact) mass is 321 g/mol. The quantitative estimate of drug-likeness (QED) is 0.623. The minimum atomic E-state index is -0.0450. The minimum absolute atomic E-state index is 0.0450. The zero-order chi connectivity index (χ0) is 17.5. The number of allylic oxidation sites excluding steroid dienone is 1. The Morgan fingerprint density at radius 1 is 1.54 bits per heavy atom. The van der Waals surface area contributed by atoms with Crippen LogP contribution in [0.4, 0.5) is 11.5 Å². The molecule has 0 saturated heterocycles. The van der Waals surface area contributed by atoms with E-state index in [4.69, 9.17) is 5.26 Å². The molecule has 0 aliphatic rings. The largest absolute Gasteiger partial charge is 0.346 e. The number of hydrogen-bond donors (Lipinski definition) is 1. The standard InChI is InChI=1S/C18H19N5O/c1-4-23(13(2)3)16-7-5-6-14(10-16)17(24)8-9-20-18-15(11-19)12-21-22-18/h5-7,9-10,12H,2,4,8H2,1,3H3,(H,21,22)/b20-9+. The van der Waals surface area contributed by atoms with Gasteiger partial charge in [0.25, 0.3) is 0 Å². The van der Waals surface area contributed by atoms with Gasteiger partial charge < -0.3 is 4.90 Å². The molecule has 2 rings (SSSR count). The molecule has 0 bridgehead atoms. The number of nitrogens with zero attached hydrogens (tertiary/aromatic N) is 4. The molecule has 0 atom stereocenters. The first kappa shape index (κ1) is 17.2. The van der Waals surface area contributed by atoms with Gasteiger partial charge in [0.1, 0.15) is 11.6 Å². The minimum Gasteiger partial charge on any atom is -0.346 e. The highest BCUT2D eigenvalue weighted by molar-refractivity contribution is 6.04. The third-order valence-corrected chi connectivity index (χ3v) is 3.49. The van der Waals surface area contributed by atoms with Gasteiger partial charge in [-0.2, -0.15) is 10.4 Å². The third kappa shape index (κ3) is 3.96. The van der Waals surface area contributed by atoms with E-state index in [0.717, 1.165) is 17.9 Å². The highest BCUT2D eigenvalue weighted by atomic mass is 16.1. The predicted octanol–water partition coefficient (Wildman–Crippen LogP) is 3.62. The lowest BCUT2D eigenvalue weighted by Crippen LogP contribution is -2.19. The summed E-state index contributed by atoms with van der Waals surface area (Å²) in [5, 5.41) is 15.2. The molecule has 0 radical (unpaired) electrons. The molecule has 1 heterocycles. The maximum Gasteiger partial charge on any atom is 0.168 e. The van der Waals surface area contributed by atoms with Crippen molar-refractivity contribution in [2.75, 3.05) is 11.4 Å². The molecule has 0 aliphatic carbocycles. The van der Waals surface area contributed by atoms with Crippen LogP contribution >= 0.6 is 0 Å². The molecule has 0 aliphatic heterocycles. The zero-order valence-corrected chi connectivity index (χ0v) is 13.8. The maximum absolute atomic E-state index is 12.3. The fourth-order valence-corrected chi connectivity index (χ4v) is 2.32. The van der Waals surface area contributed by atoms with Crippen LogP contribution in [0.2, 0.25) is 0 Å². The van der Waals surface area contributed by atoms with Crippen molar-refractivity contribution in [1.82, 2.24) is 10.2 Å². The summed E-state index contributed by atoms with van der Waals surface area (Å²) in [4.78, 5) is 18.5. The summed E-state index contributed by atoms with van der Waals surface area (Å²) in [7, 11) is 0. The van der Waals surface area contributed by atoms with Gasteiger partial charge in [0.15, 0.2) is 11.6 Å². The van der Waals surface area contributed by atoms with Crippen molar-refractivity contribution in [2.45, 2.75) is 20.3 Å². The van der Waals surface area contributed by atoms with Gasteiger partial charge in [-0.1, -0.05) is 18.7 Å². The average molecular weight is 321 g/mol. The van der Waals surface area contributed by atoms with E-state index < -0.39 is 0 Å². The van der Waals surface area contributed by atoms with Gasteiger partial charge in [0, 0.05) is 36.1 Å². The van der Waals surface area contributed by atoms with Crippen LogP contribution in [-0.2, 0) is 0 Å². The van der Waals surface area contributed by atoms with Gasteiger partial charge in [0.05, 0.1) is 6.20 Å². The summed E-state index contributed by atoms with van der Waals surface area (Å²) in [6.45, 7) is 8.71. The number of hydrogen-bond acceptors (Lipinski definition) is 5. The number of carbonyl (C=O) groups excluding carboxylic acids is 1. The molecule has 0 fully saturated rings. The molecule has 0 saturated carbocycles. The highest BCUT2D eigenvalue weighted by Crippen LogP contribution is 2.20. The number of aromatic nitrogens is 2. The Hall–Kier alpha value is -3.20.